The van der Waals surface area contributed by atoms with Crippen molar-refractivity contribution in [2.24, 2.45) is 0 Å². The van der Waals surface area contributed by atoms with E-state index in [0.717, 1.165) is 56.4 Å². The molecule has 0 bridgehead atoms. The van der Waals surface area contributed by atoms with Gasteiger partial charge in [0.1, 0.15) is 30.8 Å². The van der Waals surface area contributed by atoms with Crippen LogP contribution < -0.4 is 18.9 Å². The van der Waals surface area contributed by atoms with Gasteiger partial charge in [-0.15, -0.1) is 0 Å². The summed E-state index contributed by atoms with van der Waals surface area (Å²) in [6.45, 7) is 26.0. The van der Waals surface area contributed by atoms with Crippen LogP contribution in [0.4, 0.5) is 0 Å². The minimum atomic E-state index is -0.796. The zero-order valence-corrected chi connectivity index (χ0v) is 37.9. The summed E-state index contributed by atoms with van der Waals surface area (Å²) in [7, 11) is 7.19. The number of hydrogen-bond acceptors (Lipinski definition) is 5. The number of benzene rings is 4. The summed E-state index contributed by atoms with van der Waals surface area (Å²) >= 11 is 0. The fourth-order valence-electron chi connectivity index (χ4n) is 7.77. The van der Waals surface area contributed by atoms with Gasteiger partial charge in [0.15, 0.2) is 0 Å². The second-order valence-electron chi connectivity index (χ2n) is 14.6. The first-order valence-corrected chi connectivity index (χ1v) is 16.7. The van der Waals surface area contributed by atoms with Gasteiger partial charge in [0.2, 0.25) is 0 Å². The number of hydrogen-bond donors (Lipinski definition) is 1. The number of aliphatic hydroxyl groups excluding tert-OH is 1. The van der Waals surface area contributed by atoms with E-state index in [1.807, 2.05) is 12.1 Å². The van der Waals surface area contributed by atoms with Crippen LogP contribution in [-0.2, 0) is 76.2 Å². The van der Waals surface area contributed by atoms with Gasteiger partial charge >= 0.3 is 0 Å². The van der Waals surface area contributed by atoms with Gasteiger partial charge in [-0.25, -0.2) is 0 Å². The van der Waals surface area contributed by atoms with Crippen molar-refractivity contribution in [1.82, 2.24) is 0 Å². The summed E-state index contributed by atoms with van der Waals surface area (Å²) in [6.07, 6.45) is -0.796. The Labute approximate surface area is 352 Å². The first kappa shape index (κ1) is 44.4. The van der Waals surface area contributed by atoms with E-state index >= 15 is 0 Å². The summed E-state index contributed by atoms with van der Waals surface area (Å²) < 4.78 is 22.9. The normalized spacial score (nSPS) is 12.1. The largest absolute Gasteiger partial charge is 0.665 e. The van der Waals surface area contributed by atoms with Crippen LogP contribution in [0.5, 0.6) is 23.0 Å². The van der Waals surface area contributed by atoms with Crippen LogP contribution in [0.25, 0.3) is 0 Å². The second kappa shape index (κ2) is 17.8. The van der Waals surface area contributed by atoms with Crippen LogP contribution in [0.1, 0.15) is 94.5 Å². The van der Waals surface area contributed by atoms with E-state index in [-0.39, 0.29) is 89.5 Å². The summed E-state index contributed by atoms with van der Waals surface area (Å²) in [5.74, 6) is 3.12. The van der Waals surface area contributed by atoms with Crippen molar-refractivity contribution >= 4 is 0 Å². The Balaban J connectivity index is 0.00000433. The van der Waals surface area contributed by atoms with Crippen LogP contribution in [0.15, 0.2) is 48.5 Å². The third kappa shape index (κ3) is 9.42. The Bertz CT molecular complexity index is 1720. The van der Waals surface area contributed by atoms with E-state index in [2.05, 4.69) is 134 Å². The molecule has 50 heavy (non-hydrogen) atoms. The molecular weight excluding hydrogens is 774 g/mol. The minimum Gasteiger partial charge on any atom is -0.665 e. The molecule has 0 aliphatic carbocycles. The Hall–Kier alpha value is -1.75. The molecule has 7 heteroatoms. The third-order valence-corrected chi connectivity index (χ3v) is 9.80. The average Bonchev–Trinajstić information content (AvgIpc) is 2.98. The van der Waals surface area contributed by atoms with Crippen LogP contribution in [-0.4, -0.2) is 24.4 Å². The Morgan fingerprint density at radius 3 is 1.20 bits per heavy atom. The molecule has 2 radical (unpaired) electrons. The molecule has 264 valence electrons. The fraction of sp³-hybridized carbons (Fsp3) is 0.395. The molecule has 0 aliphatic rings. The maximum absolute atomic E-state index is 10.9. The van der Waals surface area contributed by atoms with Crippen molar-refractivity contribution in [2.45, 2.75) is 100 Å². The Morgan fingerprint density at radius 1 is 0.500 bits per heavy atom. The number of rotatable bonds is 12. The standard InChI is InChI=1S/C43H54O5.2Y/c1-25-19-36(45-13)20-26(2)38(25)43(11,12)34-17-31(7)41(32(8)18-34)48-24-35(44)23-47-37-21-27(3)39(28(4)22-37)42(9,10)33-15-29(5)40(46-14)30(6)16-33;;/h15-22,35,44H,13-14,23-24H2,1-12H3;;/q-2;;. The van der Waals surface area contributed by atoms with Crippen molar-refractivity contribution in [1.29, 1.82) is 0 Å². The zero-order chi connectivity index (χ0) is 35.7. The molecule has 0 amide bonds. The Kier molecular flexibility index (Phi) is 15.9. The third-order valence-electron chi connectivity index (χ3n) is 9.80. The van der Waals surface area contributed by atoms with Gasteiger partial charge in [0.25, 0.3) is 0 Å². The van der Waals surface area contributed by atoms with Crippen LogP contribution >= 0.6 is 0 Å². The van der Waals surface area contributed by atoms with Gasteiger partial charge in [0.05, 0.1) is 11.5 Å². The van der Waals surface area contributed by atoms with E-state index in [1.165, 1.54) is 33.4 Å². The fourth-order valence-corrected chi connectivity index (χ4v) is 7.77. The molecule has 0 fully saturated rings. The maximum atomic E-state index is 10.9. The smallest absolute Gasteiger partial charge is 0.125 e. The molecule has 4 rings (SSSR count). The summed E-state index contributed by atoms with van der Waals surface area (Å²) in [4.78, 5) is 0. The molecule has 1 N–H and O–H groups in total. The van der Waals surface area contributed by atoms with Crippen molar-refractivity contribution in [2.75, 3.05) is 13.2 Å². The quantitative estimate of drug-likeness (QED) is 0.144. The topological polar surface area (TPSA) is 57.2 Å². The van der Waals surface area contributed by atoms with Gasteiger partial charge in [-0.05, 0) is 146 Å². The van der Waals surface area contributed by atoms with Crippen LogP contribution in [0, 0.1) is 69.6 Å². The van der Waals surface area contributed by atoms with Gasteiger partial charge in [-0.3, -0.25) is 0 Å². The van der Waals surface area contributed by atoms with Crippen molar-refractivity contribution in [3.8, 4) is 23.0 Å². The van der Waals surface area contributed by atoms with Gasteiger partial charge in [-0.1, -0.05) is 52.0 Å². The molecule has 0 spiro atoms. The number of aryl methyl sites for hydroxylation is 8. The second-order valence-corrected chi connectivity index (χ2v) is 14.6. The van der Waals surface area contributed by atoms with Gasteiger partial charge in [-0.2, -0.15) is 14.2 Å². The van der Waals surface area contributed by atoms with Crippen molar-refractivity contribution < 1.29 is 89.5 Å². The number of aliphatic hydroxyl groups is 1. The predicted octanol–water partition coefficient (Wildman–Crippen LogP) is 9.96. The molecule has 1 atom stereocenters. The van der Waals surface area contributed by atoms with Gasteiger partial charge < -0.3 is 24.1 Å². The van der Waals surface area contributed by atoms with Gasteiger partial charge in [0, 0.05) is 76.2 Å². The molecule has 4 aromatic carbocycles. The van der Waals surface area contributed by atoms with E-state index in [4.69, 9.17) is 18.9 Å². The summed E-state index contributed by atoms with van der Waals surface area (Å²) in [5.41, 5.74) is 13.3. The van der Waals surface area contributed by atoms with Crippen molar-refractivity contribution in [3.63, 3.8) is 0 Å². The number of ether oxygens (including phenoxy) is 4. The zero-order valence-electron chi connectivity index (χ0n) is 32.3. The van der Waals surface area contributed by atoms with E-state index in [9.17, 15) is 5.11 Å². The molecule has 0 heterocycles. The molecule has 0 aliphatic heterocycles. The summed E-state index contributed by atoms with van der Waals surface area (Å²) in [6, 6.07) is 16.9. The van der Waals surface area contributed by atoms with Crippen LogP contribution in [0.3, 0.4) is 0 Å². The first-order valence-electron chi connectivity index (χ1n) is 16.7. The monoisotopic (exact) mass is 828 g/mol. The molecule has 0 saturated carbocycles. The average molecular weight is 829 g/mol. The van der Waals surface area contributed by atoms with E-state index < -0.39 is 6.10 Å². The molecule has 0 aromatic heterocycles. The molecule has 4 aromatic rings. The molecule has 0 saturated heterocycles. The maximum Gasteiger partial charge on any atom is 0.125 e. The molecule has 5 nitrogen and oxygen atoms in total. The molecular formula is C43H54O5Y2-2. The molecule has 1 unspecified atom stereocenters. The SMILES string of the molecule is [CH2-]Oc1cc(C)c(C(C)(C)c2cc(C)c(OCC(O)COc3cc(C)c(C(C)(C)c4cc(C)c(O[CH2-])c(C)c4)c(C)c3)c(C)c2)c(C)c1.[Y].[Y]. The predicted molar refractivity (Wildman–Crippen MR) is 197 cm³/mol. The van der Waals surface area contributed by atoms with E-state index in [1.54, 1.807) is 0 Å². The Morgan fingerprint density at radius 2 is 0.840 bits per heavy atom. The minimum absolute atomic E-state index is 0. The first-order chi connectivity index (χ1) is 22.4. The van der Waals surface area contributed by atoms with Crippen LogP contribution in [0.2, 0.25) is 0 Å². The van der Waals surface area contributed by atoms with E-state index in [0.29, 0.717) is 0 Å². The summed E-state index contributed by atoms with van der Waals surface area (Å²) in [5, 5.41) is 10.9. The van der Waals surface area contributed by atoms with Crippen molar-refractivity contribution in [3.05, 3.63) is 130 Å².